The van der Waals surface area contributed by atoms with Gasteiger partial charge in [-0.15, -0.1) is 0 Å². The van der Waals surface area contributed by atoms with Crippen molar-refractivity contribution in [2.24, 2.45) is 5.92 Å². The Labute approximate surface area is 82.4 Å². The van der Waals surface area contributed by atoms with E-state index in [-0.39, 0.29) is 6.03 Å². The number of hydrogen-bond donors (Lipinski definition) is 2. The monoisotopic (exact) mass is 198 g/mol. The number of carboxylic acids is 1. The second-order valence-corrected chi connectivity index (χ2v) is 3.56. The van der Waals surface area contributed by atoms with Crippen LogP contribution in [0.15, 0.2) is 12.2 Å². The van der Waals surface area contributed by atoms with Crippen molar-refractivity contribution < 1.29 is 14.7 Å². The van der Waals surface area contributed by atoms with E-state index >= 15 is 0 Å². The number of urea groups is 1. The molecular formula is C9H14N2O3. The molecule has 0 atom stereocenters. The number of carboxylic acid groups (broad SMARTS) is 1. The van der Waals surface area contributed by atoms with Crippen molar-refractivity contribution >= 4 is 12.0 Å². The van der Waals surface area contributed by atoms with Gasteiger partial charge in [-0.1, -0.05) is 12.2 Å². The number of nitrogens with one attached hydrogen (secondary N) is 1. The van der Waals surface area contributed by atoms with Gasteiger partial charge in [0.1, 0.15) is 0 Å². The van der Waals surface area contributed by atoms with Crippen molar-refractivity contribution in [2.75, 3.05) is 19.6 Å². The molecule has 1 rings (SSSR count). The van der Waals surface area contributed by atoms with Gasteiger partial charge in [0.2, 0.25) is 0 Å². The molecule has 1 saturated heterocycles. The molecule has 0 aliphatic carbocycles. The van der Waals surface area contributed by atoms with Crippen molar-refractivity contribution in [3.05, 3.63) is 12.2 Å². The van der Waals surface area contributed by atoms with Crippen molar-refractivity contribution in [3.8, 4) is 0 Å². The number of carbonyl (C=O) groups is 2. The van der Waals surface area contributed by atoms with E-state index in [0.717, 1.165) is 5.57 Å². The Bertz CT molecular complexity index is 269. The maximum absolute atomic E-state index is 11.3. The summed E-state index contributed by atoms with van der Waals surface area (Å²) in [6.07, 6.45) is 0. The summed E-state index contributed by atoms with van der Waals surface area (Å²) in [6.45, 7) is 6.51. The Balaban J connectivity index is 2.23. The van der Waals surface area contributed by atoms with E-state index in [0.29, 0.717) is 19.6 Å². The van der Waals surface area contributed by atoms with E-state index in [4.69, 9.17) is 5.11 Å². The van der Waals surface area contributed by atoms with Gasteiger partial charge in [-0.25, -0.2) is 4.79 Å². The maximum Gasteiger partial charge on any atom is 0.317 e. The molecule has 0 aromatic rings. The number of hydrogen-bond acceptors (Lipinski definition) is 2. The molecule has 1 heterocycles. The van der Waals surface area contributed by atoms with Crippen molar-refractivity contribution in [1.29, 1.82) is 0 Å². The minimum absolute atomic E-state index is 0.217. The van der Waals surface area contributed by atoms with Gasteiger partial charge < -0.3 is 15.3 Å². The molecule has 0 spiro atoms. The molecule has 2 N–H and O–H groups in total. The predicted octanol–water partition coefficient (Wildman–Crippen LogP) is 0.288. The fraction of sp³-hybridized carbons (Fsp3) is 0.556. The van der Waals surface area contributed by atoms with Gasteiger partial charge in [-0.3, -0.25) is 4.79 Å². The second-order valence-electron chi connectivity index (χ2n) is 3.56. The van der Waals surface area contributed by atoms with E-state index in [1.807, 2.05) is 6.92 Å². The van der Waals surface area contributed by atoms with Crippen LogP contribution in [-0.2, 0) is 4.79 Å². The Hall–Kier alpha value is -1.52. The van der Waals surface area contributed by atoms with E-state index < -0.39 is 11.9 Å². The van der Waals surface area contributed by atoms with Crippen LogP contribution in [0.5, 0.6) is 0 Å². The van der Waals surface area contributed by atoms with Gasteiger partial charge in [-0.05, 0) is 6.92 Å². The second kappa shape index (κ2) is 4.13. The van der Waals surface area contributed by atoms with Gasteiger partial charge in [0.05, 0.1) is 5.92 Å². The lowest BCUT2D eigenvalue weighted by Gasteiger charge is -2.36. The van der Waals surface area contributed by atoms with E-state index in [9.17, 15) is 9.59 Å². The normalized spacial score (nSPS) is 15.9. The summed E-state index contributed by atoms with van der Waals surface area (Å²) < 4.78 is 0. The molecule has 5 heteroatoms. The van der Waals surface area contributed by atoms with E-state index in [2.05, 4.69) is 11.9 Å². The third-order valence-electron chi connectivity index (χ3n) is 2.06. The standard InChI is InChI=1S/C9H14N2O3/c1-6(2)3-10-9(14)11-4-7(5-11)8(12)13/h7H,1,3-5H2,2H3,(H,10,14)(H,12,13). The molecule has 0 aromatic heterocycles. The summed E-state index contributed by atoms with van der Waals surface area (Å²) in [7, 11) is 0. The highest BCUT2D eigenvalue weighted by Gasteiger charge is 2.35. The Kier molecular flexibility index (Phi) is 3.11. The van der Waals surface area contributed by atoms with Crippen LogP contribution in [0.25, 0.3) is 0 Å². The highest BCUT2D eigenvalue weighted by atomic mass is 16.4. The van der Waals surface area contributed by atoms with Gasteiger partial charge in [-0.2, -0.15) is 0 Å². The molecule has 78 valence electrons. The smallest absolute Gasteiger partial charge is 0.317 e. The molecular weight excluding hydrogens is 184 g/mol. The molecule has 0 aromatic carbocycles. The lowest BCUT2D eigenvalue weighted by atomic mass is 10.0. The first-order valence-electron chi connectivity index (χ1n) is 4.40. The van der Waals surface area contributed by atoms with Crippen LogP contribution in [0.4, 0.5) is 4.79 Å². The fourth-order valence-corrected chi connectivity index (χ4v) is 1.14. The minimum Gasteiger partial charge on any atom is -0.481 e. The average molecular weight is 198 g/mol. The average Bonchev–Trinajstić information content (AvgIpc) is 1.97. The van der Waals surface area contributed by atoms with Crippen LogP contribution in [-0.4, -0.2) is 41.6 Å². The molecule has 1 fully saturated rings. The van der Waals surface area contributed by atoms with Crippen molar-refractivity contribution in [2.45, 2.75) is 6.92 Å². The number of nitrogens with zero attached hydrogens (tertiary/aromatic N) is 1. The first-order valence-corrected chi connectivity index (χ1v) is 4.40. The highest BCUT2D eigenvalue weighted by Crippen LogP contribution is 2.15. The van der Waals surface area contributed by atoms with Gasteiger partial charge in [0.15, 0.2) is 0 Å². The van der Waals surface area contributed by atoms with Crippen LogP contribution >= 0.6 is 0 Å². The van der Waals surface area contributed by atoms with Crippen LogP contribution < -0.4 is 5.32 Å². The van der Waals surface area contributed by atoms with Crippen LogP contribution in [0.2, 0.25) is 0 Å². The molecule has 0 saturated carbocycles. The molecule has 0 bridgehead atoms. The SMILES string of the molecule is C=C(C)CNC(=O)N1CC(C(=O)O)C1. The minimum atomic E-state index is -0.839. The summed E-state index contributed by atoms with van der Waals surface area (Å²) in [5.74, 6) is -1.24. The largest absolute Gasteiger partial charge is 0.481 e. The zero-order chi connectivity index (χ0) is 10.7. The predicted molar refractivity (Wildman–Crippen MR) is 50.9 cm³/mol. The number of likely N-dealkylation sites (tertiary alicyclic amines) is 1. The maximum atomic E-state index is 11.3. The number of carbonyl (C=O) groups excluding carboxylic acids is 1. The number of aliphatic carboxylic acids is 1. The summed E-state index contributed by atoms with van der Waals surface area (Å²) in [5, 5.41) is 11.2. The lowest BCUT2D eigenvalue weighted by molar-refractivity contribution is -0.146. The Morgan fingerprint density at radius 1 is 1.57 bits per heavy atom. The summed E-state index contributed by atoms with van der Waals surface area (Å²) >= 11 is 0. The van der Waals surface area contributed by atoms with Crippen LogP contribution in [0.3, 0.4) is 0 Å². The fourth-order valence-electron chi connectivity index (χ4n) is 1.14. The van der Waals surface area contributed by atoms with Crippen LogP contribution in [0, 0.1) is 5.92 Å². The van der Waals surface area contributed by atoms with Crippen molar-refractivity contribution in [1.82, 2.24) is 10.2 Å². The molecule has 1 aliphatic rings. The van der Waals surface area contributed by atoms with Gasteiger partial charge in [0.25, 0.3) is 0 Å². The van der Waals surface area contributed by atoms with E-state index in [1.165, 1.54) is 4.90 Å². The first-order chi connectivity index (χ1) is 6.50. The van der Waals surface area contributed by atoms with Crippen molar-refractivity contribution in [3.63, 3.8) is 0 Å². The van der Waals surface area contributed by atoms with Gasteiger partial charge >= 0.3 is 12.0 Å². The third-order valence-corrected chi connectivity index (χ3v) is 2.06. The Morgan fingerprint density at radius 2 is 2.14 bits per heavy atom. The molecule has 2 amide bonds. The molecule has 14 heavy (non-hydrogen) atoms. The topological polar surface area (TPSA) is 69.6 Å². The van der Waals surface area contributed by atoms with Gasteiger partial charge in [0, 0.05) is 19.6 Å². The van der Waals surface area contributed by atoms with E-state index in [1.54, 1.807) is 0 Å². The van der Waals surface area contributed by atoms with Crippen LogP contribution in [0.1, 0.15) is 6.92 Å². The first kappa shape index (κ1) is 10.6. The summed E-state index contributed by atoms with van der Waals surface area (Å²) in [4.78, 5) is 23.2. The third kappa shape index (κ3) is 2.48. The number of rotatable bonds is 3. The number of amides is 2. The molecule has 0 unspecified atom stereocenters. The Morgan fingerprint density at radius 3 is 2.57 bits per heavy atom. The zero-order valence-electron chi connectivity index (χ0n) is 8.12. The molecule has 1 aliphatic heterocycles. The quantitative estimate of drug-likeness (QED) is 0.640. The summed E-state index contributed by atoms with van der Waals surface area (Å²) in [5.41, 5.74) is 0.869. The lowest BCUT2D eigenvalue weighted by Crippen LogP contribution is -2.56. The highest BCUT2D eigenvalue weighted by molar-refractivity contribution is 5.79. The zero-order valence-corrected chi connectivity index (χ0v) is 8.12. The molecule has 0 radical (unpaired) electrons. The summed E-state index contributed by atoms with van der Waals surface area (Å²) in [6, 6.07) is -0.217. The molecule has 5 nitrogen and oxygen atoms in total.